The number of piperidine rings is 1. The predicted octanol–water partition coefficient (Wildman–Crippen LogP) is 2.90. The number of aldehydes is 1. The average molecular weight is 539 g/mol. The first-order valence-corrected chi connectivity index (χ1v) is 12.7. The third kappa shape index (κ3) is 10.6. The topological polar surface area (TPSA) is 150 Å². The summed E-state index contributed by atoms with van der Waals surface area (Å²) in [5, 5.41) is 16.3. The Hall–Kier alpha value is -2.85. The molecule has 0 saturated carbocycles. The Bertz CT molecular complexity index is 864. The first kappa shape index (κ1) is 32.2. The number of nitrogens with one attached hydrogen (secondary N) is 4. The molecule has 3 atom stereocenters. The Balaban J connectivity index is 0.00000684. The molecule has 0 aromatic heterocycles. The van der Waals surface area contributed by atoms with E-state index in [1.54, 1.807) is 4.90 Å². The summed E-state index contributed by atoms with van der Waals surface area (Å²) in [7, 11) is 0. The van der Waals surface area contributed by atoms with Crippen LogP contribution in [0.2, 0.25) is 0 Å². The van der Waals surface area contributed by atoms with Crippen LogP contribution in [0.25, 0.3) is 0 Å². The zero-order chi connectivity index (χ0) is 26.6. The minimum atomic E-state index is -0.841. The van der Waals surface area contributed by atoms with Gasteiger partial charge in [0.2, 0.25) is 5.91 Å². The van der Waals surface area contributed by atoms with Gasteiger partial charge in [-0.25, -0.2) is 4.79 Å². The first-order chi connectivity index (χ1) is 17.2. The van der Waals surface area contributed by atoms with Gasteiger partial charge < -0.3 is 30.8 Å². The van der Waals surface area contributed by atoms with E-state index in [9.17, 15) is 14.4 Å². The van der Waals surface area contributed by atoms with Crippen molar-refractivity contribution in [1.82, 2.24) is 20.9 Å². The lowest BCUT2D eigenvalue weighted by atomic mass is 9.92. The summed E-state index contributed by atoms with van der Waals surface area (Å²) in [5.41, 5.74) is 5.48. The largest absolute Gasteiger partial charge is 0.445 e. The van der Waals surface area contributed by atoms with E-state index in [0.29, 0.717) is 32.2 Å². The van der Waals surface area contributed by atoms with Crippen LogP contribution in [-0.2, 0) is 20.9 Å². The minimum absolute atomic E-state index is 0. The number of rotatable bonds is 13. The Labute approximate surface area is 226 Å². The number of alkyl carbamates (subject to hydrolysis) is 1. The van der Waals surface area contributed by atoms with Gasteiger partial charge in [-0.1, -0.05) is 44.2 Å². The minimum Gasteiger partial charge on any atom is -0.445 e. The van der Waals surface area contributed by atoms with Gasteiger partial charge in [0.25, 0.3) is 0 Å². The molecule has 1 heterocycles. The summed E-state index contributed by atoms with van der Waals surface area (Å²) >= 11 is 0. The number of guanidine groups is 1. The van der Waals surface area contributed by atoms with Crippen molar-refractivity contribution in [2.45, 2.75) is 83.6 Å². The van der Waals surface area contributed by atoms with E-state index in [0.717, 1.165) is 31.2 Å². The van der Waals surface area contributed by atoms with Crippen molar-refractivity contribution in [3.63, 3.8) is 0 Å². The van der Waals surface area contributed by atoms with Crippen LogP contribution in [0.15, 0.2) is 30.3 Å². The molecular weight excluding hydrogens is 496 g/mol. The molecule has 1 unspecified atom stereocenters. The highest BCUT2D eigenvalue weighted by molar-refractivity contribution is 5.88. The molecule has 0 spiro atoms. The van der Waals surface area contributed by atoms with Crippen molar-refractivity contribution in [3.05, 3.63) is 35.9 Å². The van der Waals surface area contributed by atoms with Crippen molar-refractivity contribution >= 4 is 36.7 Å². The van der Waals surface area contributed by atoms with E-state index in [2.05, 4.69) is 16.0 Å². The second kappa shape index (κ2) is 16.1. The Morgan fingerprint density at radius 2 is 1.97 bits per heavy atom. The summed E-state index contributed by atoms with van der Waals surface area (Å²) in [6.07, 6.45) is 4.09. The van der Waals surface area contributed by atoms with Gasteiger partial charge in [0.05, 0.1) is 11.7 Å². The molecule has 11 heteroatoms. The molecule has 10 nitrogen and oxygen atoms in total. The molecule has 1 aromatic carbocycles. The number of hydrogen-bond donors (Lipinski definition) is 5. The standard InChI is InChI=1S/C26H42N6O4.ClH/c1-19(2)16-22(31-25(35)36-18-20-10-5-4-6-11-20)23(34)32(26(3)13-7-8-15-30-26)21(17-33)12-9-14-29-24(27)28;/h4-6,10-11,17,19,21-22,30H,7-9,12-16,18H2,1-3H3,(H,31,35)(H4,27,28,29);1H/t21-,22-,26?;/m0./s1. The zero-order valence-corrected chi connectivity index (χ0v) is 22.9. The third-order valence-corrected chi connectivity index (χ3v) is 6.36. The maximum atomic E-state index is 14.0. The van der Waals surface area contributed by atoms with Crippen LogP contribution in [0.4, 0.5) is 4.79 Å². The number of nitrogens with zero attached hydrogens (tertiary/aromatic N) is 1. The van der Waals surface area contributed by atoms with Crippen LogP contribution in [0, 0.1) is 11.3 Å². The normalized spacial score (nSPS) is 18.6. The van der Waals surface area contributed by atoms with Gasteiger partial charge in [-0.2, -0.15) is 0 Å². The van der Waals surface area contributed by atoms with Crippen molar-refractivity contribution in [2.75, 3.05) is 13.1 Å². The molecule has 1 fully saturated rings. The Morgan fingerprint density at radius 1 is 1.27 bits per heavy atom. The number of hydrogen-bond acceptors (Lipinski definition) is 6. The molecule has 0 bridgehead atoms. The maximum absolute atomic E-state index is 14.0. The van der Waals surface area contributed by atoms with Gasteiger partial charge in [-0.15, -0.1) is 12.4 Å². The highest BCUT2D eigenvalue weighted by Gasteiger charge is 2.43. The van der Waals surface area contributed by atoms with Gasteiger partial charge in [-0.3, -0.25) is 15.5 Å². The second-order valence-electron chi connectivity index (χ2n) is 9.94. The Kier molecular flexibility index (Phi) is 14.0. The number of halogens is 1. The SMILES string of the molecule is CC(C)C[C@H](NC(=O)OCc1ccccc1)C(=O)N([C@H](C=O)CCCNC(=N)N)C1(C)CCCCN1.Cl. The van der Waals surface area contributed by atoms with Crippen molar-refractivity contribution in [1.29, 1.82) is 5.41 Å². The number of ether oxygens (including phenoxy) is 1. The molecule has 2 rings (SSSR count). The van der Waals surface area contributed by atoms with E-state index in [-0.39, 0.29) is 36.8 Å². The van der Waals surface area contributed by atoms with Gasteiger partial charge in [0.1, 0.15) is 18.9 Å². The second-order valence-corrected chi connectivity index (χ2v) is 9.94. The fourth-order valence-corrected chi connectivity index (χ4v) is 4.58. The van der Waals surface area contributed by atoms with Crippen molar-refractivity contribution in [3.8, 4) is 0 Å². The molecular formula is C26H43ClN6O4. The van der Waals surface area contributed by atoms with Crippen LogP contribution in [0.1, 0.15) is 64.9 Å². The Morgan fingerprint density at radius 3 is 2.54 bits per heavy atom. The smallest absolute Gasteiger partial charge is 0.408 e. The maximum Gasteiger partial charge on any atom is 0.408 e. The molecule has 208 valence electrons. The number of benzene rings is 1. The van der Waals surface area contributed by atoms with Crippen molar-refractivity contribution in [2.24, 2.45) is 11.7 Å². The molecule has 1 saturated heterocycles. The van der Waals surface area contributed by atoms with Gasteiger partial charge >= 0.3 is 6.09 Å². The van der Waals surface area contributed by atoms with Crippen LogP contribution < -0.4 is 21.7 Å². The lowest BCUT2D eigenvalue weighted by molar-refractivity contribution is -0.149. The fourth-order valence-electron chi connectivity index (χ4n) is 4.58. The number of carbonyl (C=O) groups is 3. The number of nitrogens with two attached hydrogens (primary N) is 1. The molecule has 1 aliphatic heterocycles. The molecule has 0 aliphatic carbocycles. The molecule has 37 heavy (non-hydrogen) atoms. The van der Waals surface area contributed by atoms with E-state index in [4.69, 9.17) is 15.9 Å². The monoisotopic (exact) mass is 538 g/mol. The van der Waals surface area contributed by atoms with E-state index < -0.39 is 23.8 Å². The van der Waals surface area contributed by atoms with Crippen LogP contribution in [0.3, 0.4) is 0 Å². The third-order valence-electron chi connectivity index (χ3n) is 6.36. The fraction of sp³-hybridized carbons (Fsp3) is 0.615. The lowest BCUT2D eigenvalue weighted by Gasteiger charge is -2.48. The molecule has 6 N–H and O–H groups in total. The van der Waals surface area contributed by atoms with Gasteiger partial charge in [-0.05, 0) is 63.5 Å². The molecule has 0 radical (unpaired) electrons. The molecule has 1 aliphatic rings. The predicted molar refractivity (Wildman–Crippen MR) is 146 cm³/mol. The molecule has 2 amide bonds. The number of amides is 2. The first-order valence-electron chi connectivity index (χ1n) is 12.7. The van der Waals surface area contributed by atoms with E-state index in [1.165, 1.54) is 0 Å². The summed E-state index contributed by atoms with van der Waals surface area (Å²) in [5.74, 6) is -0.326. The van der Waals surface area contributed by atoms with Gasteiger partial charge in [0.15, 0.2) is 5.96 Å². The highest BCUT2D eigenvalue weighted by Crippen LogP contribution is 2.28. The van der Waals surface area contributed by atoms with E-state index >= 15 is 0 Å². The highest BCUT2D eigenvalue weighted by atomic mass is 35.5. The molecule has 1 aromatic rings. The average Bonchev–Trinajstić information content (AvgIpc) is 2.84. The zero-order valence-electron chi connectivity index (χ0n) is 22.1. The summed E-state index contributed by atoms with van der Waals surface area (Å²) < 4.78 is 5.38. The van der Waals surface area contributed by atoms with Gasteiger partial charge in [0, 0.05) is 6.54 Å². The quantitative estimate of drug-likeness (QED) is 0.112. The van der Waals surface area contributed by atoms with Crippen LogP contribution in [-0.4, -0.2) is 60.0 Å². The van der Waals surface area contributed by atoms with E-state index in [1.807, 2.05) is 51.1 Å². The van der Waals surface area contributed by atoms with Crippen molar-refractivity contribution < 1.29 is 19.1 Å². The van der Waals surface area contributed by atoms with Crippen LogP contribution >= 0.6 is 12.4 Å². The summed E-state index contributed by atoms with van der Waals surface area (Å²) in [6, 6.07) is 7.79. The summed E-state index contributed by atoms with van der Waals surface area (Å²) in [6.45, 7) is 7.15. The number of carbonyl (C=O) groups excluding carboxylic acids is 3. The van der Waals surface area contributed by atoms with Crippen LogP contribution in [0.5, 0.6) is 0 Å². The summed E-state index contributed by atoms with van der Waals surface area (Å²) in [4.78, 5) is 40.6. The lowest BCUT2D eigenvalue weighted by Crippen LogP contribution is -2.67.